The van der Waals surface area contributed by atoms with E-state index in [9.17, 15) is 9.59 Å². The predicted molar refractivity (Wildman–Crippen MR) is 90.5 cm³/mol. The summed E-state index contributed by atoms with van der Waals surface area (Å²) in [5, 5.41) is 12.6. The number of aromatic amines is 1. The zero-order valence-electron chi connectivity index (χ0n) is 14.1. The Kier molecular flexibility index (Phi) is 5.81. The second kappa shape index (κ2) is 7.83. The van der Waals surface area contributed by atoms with E-state index >= 15 is 0 Å². The third kappa shape index (κ3) is 3.68. The van der Waals surface area contributed by atoms with E-state index in [1.165, 1.54) is 14.0 Å². The van der Waals surface area contributed by atoms with E-state index in [4.69, 9.17) is 14.6 Å². The number of carbonyl (C=O) groups is 2. The molecule has 0 spiro atoms. The van der Waals surface area contributed by atoms with E-state index in [-0.39, 0.29) is 19.1 Å². The van der Waals surface area contributed by atoms with E-state index in [0.717, 1.165) is 23.8 Å². The minimum atomic E-state index is -0.483. The molecule has 7 heteroatoms. The number of benzene rings is 1. The topological polar surface area (TPSA) is 101 Å². The molecule has 0 saturated carbocycles. The van der Waals surface area contributed by atoms with Crippen LogP contribution in [0.25, 0.3) is 10.9 Å². The van der Waals surface area contributed by atoms with Crippen molar-refractivity contribution in [3.05, 3.63) is 23.4 Å². The zero-order valence-corrected chi connectivity index (χ0v) is 14.1. The van der Waals surface area contributed by atoms with Gasteiger partial charge in [0.05, 0.1) is 19.2 Å². The predicted octanol–water partition coefficient (Wildman–Crippen LogP) is 2.24. The fraction of sp³-hybridized carbons (Fsp3) is 0.412. The van der Waals surface area contributed by atoms with Gasteiger partial charge in [-0.05, 0) is 18.1 Å². The average Bonchev–Trinajstić information content (AvgIpc) is 2.99. The largest absolute Gasteiger partial charge is 0.489 e. The quantitative estimate of drug-likeness (QED) is 0.674. The van der Waals surface area contributed by atoms with Gasteiger partial charge in [0.25, 0.3) is 0 Å². The number of aromatic nitrogens is 1. The van der Waals surface area contributed by atoms with Crippen molar-refractivity contribution in [1.82, 2.24) is 4.98 Å². The molecule has 0 saturated heterocycles. The minimum absolute atomic E-state index is 0.105. The third-order valence-electron chi connectivity index (χ3n) is 3.55. The van der Waals surface area contributed by atoms with Crippen LogP contribution in [0.3, 0.4) is 0 Å². The fourth-order valence-electron chi connectivity index (χ4n) is 2.63. The highest BCUT2D eigenvalue weighted by atomic mass is 16.5. The van der Waals surface area contributed by atoms with Crippen molar-refractivity contribution in [2.75, 3.05) is 25.6 Å². The van der Waals surface area contributed by atoms with Crippen molar-refractivity contribution in [2.24, 2.45) is 0 Å². The van der Waals surface area contributed by atoms with Gasteiger partial charge in [-0.15, -0.1) is 0 Å². The number of methoxy groups -OCH3 is 1. The Balaban J connectivity index is 2.68. The Morgan fingerprint density at radius 1 is 1.33 bits per heavy atom. The molecule has 0 unspecified atom stereocenters. The number of amides is 1. The maximum Gasteiger partial charge on any atom is 0.354 e. The van der Waals surface area contributed by atoms with Gasteiger partial charge in [0, 0.05) is 24.1 Å². The average molecular weight is 334 g/mol. The summed E-state index contributed by atoms with van der Waals surface area (Å²) < 4.78 is 10.3. The van der Waals surface area contributed by atoms with Gasteiger partial charge in [0.1, 0.15) is 18.1 Å². The molecule has 0 atom stereocenters. The molecule has 0 aliphatic carbocycles. The first-order chi connectivity index (χ1) is 11.5. The number of aryl methyl sites for hydroxylation is 1. The molecule has 1 aromatic carbocycles. The normalized spacial score (nSPS) is 10.7. The van der Waals surface area contributed by atoms with Crippen LogP contribution in [-0.2, 0) is 16.0 Å². The van der Waals surface area contributed by atoms with Gasteiger partial charge >= 0.3 is 5.97 Å². The molecule has 2 aromatic rings. The fourth-order valence-corrected chi connectivity index (χ4v) is 2.63. The van der Waals surface area contributed by atoms with Gasteiger partial charge < -0.3 is 24.9 Å². The number of carbonyl (C=O) groups excluding carboxylic acids is 2. The van der Waals surface area contributed by atoms with Gasteiger partial charge in [-0.3, -0.25) is 4.79 Å². The second-order valence-corrected chi connectivity index (χ2v) is 5.37. The molecule has 1 heterocycles. The summed E-state index contributed by atoms with van der Waals surface area (Å²) >= 11 is 0. The highest BCUT2D eigenvalue weighted by Gasteiger charge is 2.19. The minimum Gasteiger partial charge on any atom is -0.489 e. The molecule has 1 amide bonds. The van der Waals surface area contributed by atoms with Gasteiger partial charge in [0.15, 0.2) is 0 Å². The van der Waals surface area contributed by atoms with Crippen LogP contribution in [0.4, 0.5) is 5.69 Å². The van der Waals surface area contributed by atoms with Crippen molar-refractivity contribution in [2.45, 2.75) is 26.7 Å². The summed E-state index contributed by atoms with van der Waals surface area (Å²) in [7, 11) is 1.31. The van der Waals surface area contributed by atoms with Crippen molar-refractivity contribution < 1.29 is 24.2 Å². The highest BCUT2D eigenvalue weighted by molar-refractivity contribution is 6.02. The number of ether oxygens (including phenoxy) is 2. The van der Waals surface area contributed by atoms with Crippen LogP contribution < -0.4 is 10.1 Å². The van der Waals surface area contributed by atoms with Gasteiger partial charge in [-0.1, -0.05) is 13.3 Å². The Morgan fingerprint density at radius 2 is 2.08 bits per heavy atom. The van der Waals surface area contributed by atoms with E-state index in [0.29, 0.717) is 22.6 Å². The third-order valence-corrected chi connectivity index (χ3v) is 3.55. The lowest BCUT2D eigenvalue weighted by molar-refractivity contribution is -0.114. The molecule has 2 rings (SSSR count). The number of nitrogens with one attached hydrogen (secondary N) is 2. The first-order valence-corrected chi connectivity index (χ1v) is 7.80. The number of fused-ring (bicyclic) bond motifs is 1. The van der Waals surface area contributed by atoms with Crippen molar-refractivity contribution in [3.63, 3.8) is 0 Å². The molecule has 130 valence electrons. The van der Waals surface area contributed by atoms with E-state index in [1.54, 1.807) is 12.1 Å². The number of hydrogen-bond donors (Lipinski definition) is 3. The number of esters is 1. The summed E-state index contributed by atoms with van der Waals surface area (Å²) in [5.41, 5.74) is 2.51. The molecule has 0 fully saturated rings. The first kappa shape index (κ1) is 17.8. The van der Waals surface area contributed by atoms with Crippen molar-refractivity contribution in [1.29, 1.82) is 0 Å². The molecule has 0 aliphatic heterocycles. The van der Waals surface area contributed by atoms with Gasteiger partial charge in [-0.25, -0.2) is 4.79 Å². The SMILES string of the molecule is CCCc1c(NC(C)=O)cc(OCCO)c2[nH]c(C(=O)OC)cc12. The molecular weight excluding hydrogens is 312 g/mol. The van der Waals surface area contributed by atoms with E-state index < -0.39 is 5.97 Å². The summed E-state index contributed by atoms with van der Waals surface area (Å²) in [5.74, 6) is -0.218. The number of hydrogen-bond acceptors (Lipinski definition) is 5. The van der Waals surface area contributed by atoms with Gasteiger partial charge in [-0.2, -0.15) is 0 Å². The molecule has 7 nitrogen and oxygen atoms in total. The zero-order chi connectivity index (χ0) is 17.7. The Labute approximate surface area is 140 Å². The standard InChI is InChI=1S/C17H22N2O5/c1-4-5-11-12-8-14(17(22)23-3)19-16(12)15(24-7-6-20)9-13(11)18-10(2)21/h8-9,19-20H,4-7H2,1-3H3,(H,18,21). The van der Waals surface area contributed by atoms with Crippen LogP contribution in [-0.4, -0.2) is 42.3 Å². The van der Waals surface area contributed by atoms with E-state index in [2.05, 4.69) is 10.3 Å². The summed E-state index contributed by atoms with van der Waals surface area (Å²) in [4.78, 5) is 26.4. The lowest BCUT2D eigenvalue weighted by Gasteiger charge is -2.14. The second-order valence-electron chi connectivity index (χ2n) is 5.37. The molecule has 1 aromatic heterocycles. The highest BCUT2D eigenvalue weighted by Crippen LogP contribution is 2.36. The first-order valence-electron chi connectivity index (χ1n) is 7.80. The summed E-state index contributed by atoms with van der Waals surface area (Å²) in [6.45, 7) is 3.44. The Bertz CT molecular complexity index is 751. The molecule has 0 radical (unpaired) electrons. The summed E-state index contributed by atoms with van der Waals surface area (Å²) in [6.07, 6.45) is 1.60. The van der Waals surface area contributed by atoms with Crippen LogP contribution in [0.1, 0.15) is 36.3 Å². The van der Waals surface area contributed by atoms with E-state index in [1.807, 2.05) is 6.92 Å². The molecular formula is C17H22N2O5. The number of aliphatic hydroxyl groups is 1. The maximum atomic E-state index is 11.8. The van der Waals surface area contributed by atoms with Gasteiger partial charge in [0.2, 0.25) is 5.91 Å². The molecule has 0 aliphatic rings. The maximum absolute atomic E-state index is 11.8. The number of anilines is 1. The van der Waals surface area contributed by atoms with Crippen LogP contribution in [0.2, 0.25) is 0 Å². The number of rotatable bonds is 7. The smallest absolute Gasteiger partial charge is 0.354 e. The Hall–Kier alpha value is -2.54. The monoisotopic (exact) mass is 334 g/mol. The molecule has 3 N–H and O–H groups in total. The molecule has 24 heavy (non-hydrogen) atoms. The van der Waals surface area contributed by atoms with Crippen molar-refractivity contribution in [3.8, 4) is 5.75 Å². The number of aliphatic hydroxyl groups excluding tert-OH is 1. The van der Waals surface area contributed by atoms with Crippen LogP contribution in [0, 0.1) is 0 Å². The number of H-pyrrole nitrogens is 1. The van der Waals surface area contributed by atoms with Crippen LogP contribution in [0.15, 0.2) is 12.1 Å². The summed E-state index contributed by atoms with van der Waals surface area (Å²) in [6, 6.07) is 3.41. The Morgan fingerprint density at radius 3 is 2.67 bits per heavy atom. The van der Waals surface area contributed by atoms with Crippen LogP contribution in [0.5, 0.6) is 5.75 Å². The molecule has 0 bridgehead atoms. The lowest BCUT2D eigenvalue weighted by Crippen LogP contribution is -2.10. The lowest BCUT2D eigenvalue weighted by atomic mass is 10.0. The van der Waals surface area contributed by atoms with Crippen LogP contribution >= 0.6 is 0 Å². The van der Waals surface area contributed by atoms with Crippen molar-refractivity contribution >= 4 is 28.5 Å².